The molecule has 0 atom stereocenters. The molecule has 0 spiro atoms. The Balaban J connectivity index is 2.62. The second kappa shape index (κ2) is 4.49. The van der Waals surface area contributed by atoms with Gasteiger partial charge in [0.2, 0.25) is 0 Å². The lowest BCUT2D eigenvalue weighted by atomic mass is 9.99. The molecule has 0 aliphatic heterocycles. The van der Waals surface area contributed by atoms with Crippen LogP contribution in [0.5, 0.6) is 0 Å². The van der Waals surface area contributed by atoms with Gasteiger partial charge in [-0.05, 0) is 24.3 Å². The summed E-state index contributed by atoms with van der Waals surface area (Å²) in [6, 6.07) is 8.14. The summed E-state index contributed by atoms with van der Waals surface area (Å²) >= 11 is 0. The van der Waals surface area contributed by atoms with Gasteiger partial charge < -0.3 is 0 Å². The summed E-state index contributed by atoms with van der Waals surface area (Å²) in [5, 5.41) is 8.92. The molecular weight excluding hydrogens is 241 g/mol. The van der Waals surface area contributed by atoms with Crippen LogP contribution in [0.25, 0.3) is 11.1 Å². The van der Waals surface area contributed by atoms with E-state index in [1.54, 1.807) is 12.1 Å². The van der Waals surface area contributed by atoms with Gasteiger partial charge in [0, 0.05) is 23.5 Å². The van der Waals surface area contributed by atoms with E-state index in [1.165, 1.54) is 18.5 Å². The van der Waals surface area contributed by atoms with E-state index in [1.807, 2.05) is 6.07 Å². The molecule has 1 heterocycles. The first-order valence-corrected chi connectivity index (χ1v) is 5.04. The van der Waals surface area contributed by atoms with Crippen molar-refractivity contribution in [2.45, 2.75) is 6.18 Å². The molecule has 0 saturated heterocycles. The summed E-state index contributed by atoms with van der Waals surface area (Å²) < 4.78 is 37.9. The van der Waals surface area contributed by atoms with E-state index in [-0.39, 0.29) is 11.1 Å². The van der Waals surface area contributed by atoms with Crippen molar-refractivity contribution in [3.63, 3.8) is 0 Å². The quantitative estimate of drug-likeness (QED) is 0.772. The molecule has 5 heteroatoms. The summed E-state index contributed by atoms with van der Waals surface area (Å²) in [6.07, 6.45) is -1.48. The van der Waals surface area contributed by atoms with Crippen LogP contribution in [0.3, 0.4) is 0 Å². The van der Waals surface area contributed by atoms with E-state index in [0.29, 0.717) is 5.56 Å². The van der Waals surface area contributed by atoms with Crippen molar-refractivity contribution < 1.29 is 13.2 Å². The maximum atomic E-state index is 12.6. The SMILES string of the molecule is N#Cc1ccc(C(F)(F)F)cc1-c1cccnc1. The van der Waals surface area contributed by atoms with Gasteiger partial charge >= 0.3 is 6.18 Å². The number of benzene rings is 1. The van der Waals surface area contributed by atoms with E-state index < -0.39 is 11.7 Å². The van der Waals surface area contributed by atoms with Gasteiger partial charge in [-0.25, -0.2) is 0 Å². The molecular formula is C13H7F3N2. The smallest absolute Gasteiger partial charge is 0.264 e. The van der Waals surface area contributed by atoms with Crippen molar-refractivity contribution in [1.82, 2.24) is 4.98 Å². The van der Waals surface area contributed by atoms with E-state index in [2.05, 4.69) is 4.98 Å². The van der Waals surface area contributed by atoms with Crippen molar-refractivity contribution in [3.8, 4) is 17.2 Å². The van der Waals surface area contributed by atoms with Gasteiger partial charge in [0.05, 0.1) is 17.2 Å². The first-order valence-electron chi connectivity index (χ1n) is 5.04. The van der Waals surface area contributed by atoms with Crippen LogP contribution < -0.4 is 0 Å². The van der Waals surface area contributed by atoms with Gasteiger partial charge in [0.15, 0.2) is 0 Å². The Morgan fingerprint density at radius 2 is 1.94 bits per heavy atom. The van der Waals surface area contributed by atoms with E-state index in [9.17, 15) is 13.2 Å². The normalized spacial score (nSPS) is 11.0. The van der Waals surface area contributed by atoms with Crippen LogP contribution in [-0.4, -0.2) is 4.98 Å². The number of halogens is 3. The monoisotopic (exact) mass is 248 g/mol. The Labute approximate surface area is 101 Å². The molecule has 18 heavy (non-hydrogen) atoms. The lowest BCUT2D eigenvalue weighted by Crippen LogP contribution is -2.05. The highest BCUT2D eigenvalue weighted by atomic mass is 19.4. The van der Waals surface area contributed by atoms with Crippen LogP contribution in [0.4, 0.5) is 13.2 Å². The van der Waals surface area contributed by atoms with Crippen molar-refractivity contribution in [2.24, 2.45) is 0 Å². The van der Waals surface area contributed by atoms with Gasteiger partial charge in [0.1, 0.15) is 0 Å². The summed E-state index contributed by atoms with van der Waals surface area (Å²) in [4.78, 5) is 3.84. The van der Waals surface area contributed by atoms with Crippen LogP contribution in [0.15, 0.2) is 42.7 Å². The first-order chi connectivity index (χ1) is 8.52. The molecule has 1 aromatic carbocycles. The van der Waals surface area contributed by atoms with Gasteiger partial charge in [-0.3, -0.25) is 4.98 Å². The third-order valence-corrected chi connectivity index (χ3v) is 2.44. The number of aromatic nitrogens is 1. The summed E-state index contributed by atoms with van der Waals surface area (Å²) in [5.74, 6) is 0. The first kappa shape index (κ1) is 12.1. The lowest BCUT2D eigenvalue weighted by molar-refractivity contribution is -0.137. The number of alkyl halides is 3. The Morgan fingerprint density at radius 3 is 2.50 bits per heavy atom. The Hall–Kier alpha value is -2.35. The molecule has 2 nitrogen and oxygen atoms in total. The van der Waals surface area contributed by atoms with Crippen molar-refractivity contribution >= 4 is 0 Å². The Bertz CT molecular complexity index is 598. The largest absolute Gasteiger partial charge is 0.416 e. The molecule has 2 aromatic rings. The standard InChI is InChI=1S/C13H7F3N2/c14-13(15,16)11-4-3-9(7-17)12(6-11)10-2-1-5-18-8-10/h1-6,8H. The molecule has 0 saturated carbocycles. The molecule has 0 unspecified atom stereocenters. The molecule has 1 aromatic heterocycles. The van der Waals surface area contributed by atoms with Crippen molar-refractivity contribution in [3.05, 3.63) is 53.9 Å². The van der Waals surface area contributed by atoms with E-state index in [4.69, 9.17) is 5.26 Å². The molecule has 90 valence electrons. The van der Waals surface area contributed by atoms with Gasteiger partial charge in [0.25, 0.3) is 0 Å². The minimum Gasteiger partial charge on any atom is -0.264 e. The van der Waals surface area contributed by atoms with Crippen LogP contribution in [0.1, 0.15) is 11.1 Å². The van der Waals surface area contributed by atoms with Crippen LogP contribution >= 0.6 is 0 Å². The zero-order valence-corrected chi connectivity index (χ0v) is 9.07. The Morgan fingerprint density at radius 1 is 1.17 bits per heavy atom. The maximum absolute atomic E-state index is 12.6. The summed E-state index contributed by atoms with van der Waals surface area (Å²) in [5.41, 5.74) is 0.136. The number of nitrogens with zero attached hydrogens (tertiary/aromatic N) is 2. The highest BCUT2D eigenvalue weighted by Crippen LogP contribution is 2.33. The number of pyridine rings is 1. The minimum absolute atomic E-state index is 0.191. The van der Waals surface area contributed by atoms with E-state index >= 15 is 0 Å². The molecule has 0 radical (unpaired) electrons. The predicted octanol–water partition coefficient (Wildman–Crippen LogP) is 3.64. The maximum Gasteiger partial charge on any atom is 0.416 e. The number of rotatable bonds is 1. The van der Waals surface area contributed by atoms with Crippen molar-refractivity contribution in [2.75, 3.05) is 0 Å². The molecule has 0 aliphatic carbocycles. The van der Waals surface area contributed by atoms with Crippen molar-refractivity contribution in [1.29, 1.82) is 5.26 Å². The highest BCUT2D eigenvalue weighted by molar-refractivity contribution is 5.70. The number of hydrogen-bond acceptors (Lipinski definition) is 2. The molecule has 0 bridgehead atoms. The molecule has 2 rings (SSSR count). The molecule has 0 amide bonds. The third kappa shape index (κ3) is 2.33. The van der Waals surface area contributed by atoms with Gasteiger partial charge in [-0.15, -0.1) is 0 Å². The zero-order chi connectivity index (χ0) is 13.2. The topological polar surface area (TPSA) is 36.7 Å². The molecule has 0 fully saturated rings. The number of hydrogen-bond donors (Lipinski definition) is 0. The molecule has 0 N–H and O–H groups in total. The van der Waals surface area contributed by atoms with E-state index in [0.717, 1.165) is 12.1 Å². The highest BCUT2D eigenvalue weighted by Gasteiger charge is 2.31. The fraction of sp³-hybridized carbons (Fsp3) is 0.0769. The fourth-order valence-electron chi connectivity index (χ4n) is 1.58. The van der Waals surface area contributed by atoms with Gasteiger partial charge in [-0.1, -0.05) is 6.07 Å². The average Bonchev–Trinajstić information content (AvgIpc) is 2.38. The summed E-state index contributed by atoms with van der Waals surface area (Å²) in [7, 11) is 0. The predicted molar refractivity (Wildman–Crippen MR) is 59.4 cm³/mol. The second-order valence-electron chi connectivity index (χ2n) is 3.61. The van der Waals surface area contributed by atoms with Crippen LogP contribution in [0, 0.1) is 11.3 Å². The minimum atomic E-state index is -4.43. The third-order valence-electron chi connectivity index (χ3n) is 2.44. The van der Waals surface area contributed by atoms with Gasteiger partial charge in [-0.2, -0.15) is 18.4 Å². The van der Waals surface area contributed by atoms with Crippen LogP contribution in [-0.2, 0) is 6.18 Å². The fourth-order valence-corrected chi connectivity index (χ4v) is 1.58. The lowest BCUT2D eigenvalue weighted by Gasteiger charge is -2.10. The molecule has 0 aliphatic rings. The van der Waals surface area contributed by atoms with Crippen LogP contribution in [0.2, 0.25) is 0 Å². The number of nitriles is 1. The average molecular weight is 248 g/mol. The zero-order valence-electron chi connectivity index (χ0n) is 9.07. The second-order valence-corrected chi connectivity index (χ2v) is 3.61. The Kier molecular flexibility index (Phi) is 3.02. The summed E-state index contributed by atoms with van der Waals surface area (Å²) in [6.45, 7) is 0.